The SMILES string of the molecule is Cc1cc(C(=O)Nc2cccc(-c3cccc(-c4nc5cc(C=O)cc(Cl)c5o4)c3C)c2Cl)nc2c1CCN(CCO[Si](C)(C)C(C)(C)C)C2. The van der Waals surface area contributed by atoms with Gasteiger partial charge in [0.05, 0.1) is 21.4 Å². The van der Waals surface area contributed by atoms with E-state index in [1.807, 2.05) is 50.2 Å². The van der Waals surface area contributed by atoms with Crippen molar-refractivity contribution >= 4 is 60.5 Å². The maximum atomic E-state index is 13.7. The Morgan fingerprint density at radius 3 is 2.50 bits per heavy atom. The molecule has 1 N–H and O–H groups in total. The number of nitrogens with zero attached hydrogens (tertiary/aromatic N) is 3. The first-order chi connectivity index (χ1) is 23.7. The molecule has 0 unspecified atom stereocenters. The second-order valence-corrected chi connectivity index (χ2v) is 20.1. The Kier molecular flexibility index (Phi) is 10.1. The van der Waals surface area contributed by atoms with Crippen LogP contribution in [-0.2, 0) is 17.4 Å². The number of hydrogen-bond donors (Lipinski definition) is 1. The molecular weight excluding hydrogens is 687 g/mol. The number of oxazole rings is 1. The second kappa shape index (κ2) is 14.0. The first kappa shape index (κ1) is 35.9. The van der Waals surface area contributed by atoms with E-state index in [1.54, 1.807) is 18.2 Å². The number of carbonyl (C=O) groups excluding carboxylic acids is 2. The van der Waals surface area contributed by atoms with Crippen LogP contribution in [0.2, 0.25) is 28.2 Å². The zero-order valence-electron chi connectivity index (χ0n) is 29.5. The molecule has 11 heteroatoms. The Balaban J connectivity index is 1.21. The number of hydrogen-bond acceptors (Lipinski definition) is 7. The molecule has 50 heavy (non-hydrogen) atoms. The Morgan fingerprint density at radius 2 is 1.76 bits per heavy atom. The number of pyridine rings is 1. The monoisotopic (exact) mass is 728 g/mol. The molecular formula is C39H42Cl2N4O4Si. The van der Waals surface area contributed by atoms with E-state index in [4.69, 9.17) is 37.0 Å². The molecule has 260 valence electrons. The van der Waals surface area contributed by atoms with E-state index in [-0.39, 0.29) is 10.9 Å². The van der Waals surface area contributed by atoms with Crippen LogP contribution < -0.4 is 5.32 Å². The van der Waals surface area contributed by atoms with Crippen LogP contribution in [0.3, 0.4) is 0 Å². The van der Waals surface area contributed by atoms with Crippen molar-refractivity contribution in [2.45, 2.75) is 65.7 Å². The Bertz CT molecular complexity index is 2120. The molecule has 2 aromatic heterocycles. The predicted molar refractivity (Wildman–Crippen MR) is 204 cm³/mol. The summed E-state index contributed by atoms with van der Waals surface area (Å²) in [6.45, 7) is 18.4. The summed E-state index contributed by atoms with van der Waals surface area (Å²) in [5, 5.41) is 3.90. The van der Waals surface area contributed by atoms with E-state index in [9.17, 15) is 9.59 Å². The maximum Gasteiger partial charge on any atom is 0.274 e. The third-order valence-corrected chi connectivity index (χ3v) is 15.3. The quantitative estimate of drug-likeness (QED) is 0.119. The van der Waals surface area contributed by atoms with Crippen molar-refractivity contribution in [1.29, 1.82) is 0 Å². The molecule has 3 aromatic carbocycles. The van der Waals surface area contributed by atoms with Crippen molar-refractivity contribution in [3.63, 3.8) is 0 Å². The average Bonchev–Trinajstić information content (AvgIpc) is 3.50. The number of aldehydes is 1. The highest BCUT2D eigenvalue weighted by Crippen LogP contribution is 2.40. The zero-order valence-corrected chi connectivity index (χ0v) is 32.1. The van der Waals surface area contributed by atoms with Crippen LogP contribution in [0.15, 0.2) is 59.0 Å². The third-order valence-electron chi connectivity index (χ3n) is 10.1. The molecule has 0 fully saturated rings. The number of aromatic nitrogens is 2. The molecule has 0 saturated heterocycles. The van der Waals surface area contributed by atoms with E-state index < -0.39 is 8.32 Å². The van der Waals surface area contributed by atoms with E-state index in [1.165, 1.54) is 5.56 Å². The van der Waals surface area contributed by atoms with E-state index >= 15 is 0 Å². The number of halogens is 2. The summed E-state index contributed by atoms with van der Waals surface area (Å²) in [7, 11) is -1.82. The zero-order chi connectivity index (χ0) is 36.0. The Hall–Kier alpha value is -3.86. The van der Waals surface area contributed by atoms with Crippen LogP contribution in [0.25, 0.3) is 33.7 Å². The maximum absolute atomic E-state index is 13.7. The third kappa shape index (κ3) is 7.16. The van der Waals surface area contributed by atoms with Gasteiger partial charge in [0.15, 0.2) is 13.9 Å². The number of benzene rings is 3. The summed E-state index contributed by atoms with van der Waals surface area (Å²) in [5.41, 5.74) is 8.60. The Morgan fingerprint density at radius 1 is 1.04 bits per heavy atom. The first-order valence-corrected chi connectivity index (χ1v) is 20.4. The highest BCUT2D eigenvalue weighted by Gasteiger charge is 2.37. The summed E-state index contributed by atoms with van der Waals surface area (Å²) in [6.07, 6.45) is 1.61. The minimum absolute atomic E-state index is 0.167. The number of aryl methyl sites for hydroxylation is 1. The fraction of sp³-hybridized carbons (Fsp3) is 0.333. The lowest BCUT2D eigenvalue weighted by molar-refractivity contribution is 0.102. The van der Waals surface area contributed by atoms with Gasteiger partial charge in [-0.05, 0) is 91.0 Å². The van der Waals surface area contributed by atoms with Gasteiger partial charge < -0.3 is 14.2 Å². The number of fused-ring (bicyclic) bond motifs is 2. The molecule has 1 aliphatic rings. The van der Waals surface area contributed by atoms with Crippen molar-refractivity contribution in [3.05, 3.63) is 98.3 Å². The standard InChI is InChI=1S/C39H42Cl2N4O4Si/c1-23-18-33(42-34-21-45(15-14-26(23)34)16-17-48-50(6,7)39(3,4)5)37(47)43-31-13-9-12-29(35(31)41)27-10-8-11-28(24(27)2)38-44-32-20-25(22-46)19-30(40)36(32)49-38/h8-13,18-20,22H,14-17,21H2,1-7H3,(H,43,47). The minimum Gasteiger partial charge on any atom is -0.434 e. The summed E-state index contributed by atoms with van der Waals surface area (Å²) >= 11 is 13.4. The average molecular weight is 730 g/mol. The van der Waals surface area contributed by atoms with Gasteiger partial charge in [0.1, 0.15) is 17.5 Å². The molecule has 6 rings (SSSR count). The number of amides is 1. The van der Waals surface area contributed by atoms with Crippen LogP contribution in [0.1, 0.15) is 64.0 Å². The van der Waals surface area contributed by atoms with Gasteiger partial charge in [0.25, 0.3) is 5.91 Å². The lowest BCUT2D eigenvalue weighted by Gasteiger charge is -2.37. The molecule has 0 bridgehead atoms. The van der Waals surface area contributed by atoms with E-state index in [2.05, 4.69) is 49.1 Å². The molecule has 8 nitrogen and oxygen atoms in total. The van der Waals surface area contributed by atoms with Gasteiger partial charge in [-0.2, -0.15) is 0 Å². The summed E-state index contributed by atoms with van der Waals surface area (Å²) in [6, 6.07) is 16.4. The summed E-state index contributed by atoms with van der Waals surface area (Å²) < 4.78 is 12.5. The number of carbonyl (C=O) groups is 2. The number of rotatable bonds is 9. The van der Waals surface area contributed by atoms with Crippen molar-refractivity contribution in [2.75, 3.05) is 25.0 Å². The summed E-state index contributed by atoms with van der Waals surface area (Å²) in [5.74, 6) is 0.0530. The van der Waals surface area contributed by atoms with Gasteiger partial charge in [-0.15, -0.1) is 0 Å². The van der Waals surface area contributed by atoms with Crippen LogP contribution in [-0.4, -0.2) is 55.1 Å². The van der Waals surface area contributed by atoms with E-state index in [0.717, 1.165) is 59.3 Å². The van der Waals surface area contributed by atoms with Gasteiger partial charge in [-0.3, -0.25) is 14.5 Å². The van der Waals surface area contributed by atoms with Crippen molar-refractivity contribution < 1.29 is 18.4 Å². The normalized spacial score (nSPS) is 13.8. The molecule has 1 aliphatic heterocycles. The van der Waals surface area contributed by atoms with Crippen molar-refractivity contribution in [1.82, 2.24) is 14.9 Å². The lowest BCUT2D eigenvalue weighted by atomic mass is 9.96. The van der Waals surface area contributed by atoms with Gasteiger partial charge in [-0.25, -0.2) is 9.97 Å². The van der Waals surface area contributed by atoms with Gasteiger partial charge in [-0.1, -0.05) is 68.2 Å². The van der Waals surface area contributed by atoms with Crippen molar-refractivity contribution in [2.24, 2.45) is 0 Å². The van der Waals surface area contributed by atoms with Crippen LogP contribution >= 0.6 is 23.2 Å². The molecule has 0 atom stereocenters. The van der Waals surface area contributed by atoms with Gasteiger partial charge in [0.2, 0.25) is 5.89 Å². The number of nitrogens with one attached hydrogen (secondary N) is 1. The van der Waals surface area contributed by atoms with E-state index in [0.29, 0.717) is 57.1 Å². The fourth-order valence-corrected chi connectivity index (χ4v) is 7.70. The van der Waals surface area contributed by atoms with Crippen LogP contribution in [0, 0.1) is 13.8 Å². The molecule has 0 saturated carbocycles. The highest BCUT2D eigenvalue weighted by atomic mass is 35.5. The molecule has 0 radical (unpaired) electrons. The highest BCUT2D eigenvalue weighted by molar-refractivity contribution is 6.74. The largest absolute Gasteiger partial charge is 0.434 e. The molecule has 0 spiro atoms. The minimum atomic E-state index is -1.82. The second-order valence-electron chi connectivity index (χ2n) is 14.5. The number of anilines is 1. The predicted octanol–water partition coefficient (Wildman–Crippen LogP) is 9.93. The molecule has 1 amide bonds. The lowest BCUT2D eigenvalue weighted by Crippen LogP contribution is -2.43. The smallest absolute Gasteiger partial charge is 0.274 e. The van der Waals surface area contributed by atoms with Gasteiger partial charge >= 0.3 is 0 Å². The molecule has 3 heterocycles. The van der Waals surface area contributed by atoms with Crippen molar-refractivity contribution in [3.8, 4) is 22.6 Å². The van der Waals surface area contributed by atoms with Gasteiger partial charge in [0, 0.05) is 42.9 Å². The topological polar surface area (TPSA) is 97.6 Å². The Labute approximate surface area is 304 Å². The fourth-order valence-electron chi connectivity index (χ4n) is 6.13. The molecule has 5 aromatic rings. The van der Waals surface area contributed by atoms with Crippen LogP contribution in [0.4, 0.5) is 5.69 Å². The van der Waals surface area contributed by atoms with Crippen LogP contribution in [0.5, 0.6) is 0 Å². The molecule has 0 aliphatic carbocycles. The first-order valence-electron chi connectivity index (χ1n) is 16.8. The summed E-state index contributed by atoms with van der Waals surface area (Å²) in [4.78, 5) is 36.8.